The fraction of sp³-hybridized carbons (Fsp3) is 0.273. The second-order valence-electron chi connectivity index (χ2n) is 4.13. The lowest BCUT2D eigenvalue weighted by Crippen LogP contribution is -2.31. The van der Waals surface area contributed by atoms with Gasteiger partial charge in [-0.15, -0.1) is 0 Å². The third-order valence-corrected chi connectivity index (χ3v) is 2.83. The molecule has 0 fully saturated rings. The first-order valence-corrected chi connectivity index (χ1v) is 6.02. The molecule has 0 saturated carbocycles. The summed E-state index contributed by atoms with van der Waals surface area (Å²) in [5, 5.41) is 12.0. The van der Waals surface area contributed by atoms with Gasteiger partial charge in [0.15, 0.2) is 5.82 Å². The van der Waals surface area contributed by atoms with E-state index in [-0.39, 0.29) is 17.5 Å². The van der Waals surface area contributed by atoms with Gasteiger partial charge in [-0.05, 0) is 6.92 Å². The Kier molecular flexibility index (Phi) is 4.04. The molecule has 0 aliphatic rings. The molecule has 0 atom stereocenters. The van der Waals surface area contributed by atoms with E-state index in [1.54, 1.807) is 20.0 Å². The zero-order chi connectivity index (χ0) is 14.7. The molecule has 0 radical (unpaired) electrons. The summed E-state index contributed by atoms with van der Waals surface area (Å²) in [4.78, 5) is 24.6. The quantitative estimate of drug-likeness (QED) is 0.865. The van der Waals surface area contributed by atoms with Crippen molar-refractivity contribution in [1.29, 1.82) is 0 Å². The molecule has 0 spiro atoms. The van der Waals surface area contributed by atoms with Crippen molar-refractivity contribution in [3.63, 3.8) is 0 Å². The van der Waals surface area contributed by atoms with Crippen LogP contribution < -0.4 is 15.8 Å². The maximum absolute atomic E-state index is 11.8. The molecule has 2 heterocycles. The number of likely N-dealkylation sites (N-methyl/N-ethyl adjacent to an activating group) is 1. The second-order valence-corrected chi connectivity index (χ2v) is 4.50. The van der Waals surface area contributed by atoms with E-state index in [4.69, 9.17) is 16.1 Å². The van der Waals surface area contributed by atoms with Gasteiger partial charge in [0.1, 0.15) is 10.8 Å². The van der Waals surface area contributed by atoms with Crippen LogP contribution in [0.1, 0.15) is 5.76 Å². The Labute approximate surface area is 118 Å². The molecule has 2 aromatic heterocycles. The Morgan fingerprint density at radius 3 is 3.00 bits per heavy atom. The molecule has 2 rings (SSSR count). The average molecular weight is 298 g/mol. The van der Waals surface area contributed by atoms with Crippen LogP contribution in [0, 0.1) is 6.92 Å². The average Bonchev–Trinajstić information content (AvgIpc) is 2.77. The van der Waals surface area contributed by atoms with Crippen LogP contribution in [0.2, 0.25) is 5.02 Å². The van der Waals surface area contributed by atoms with Crippen molar-refractivity contribution in [2.24, 2.45) is 0 Å². The van der Waals surface area contributed by atoms with E-state index in [0.29, 0.717) is 17.3 Å². The number of nitrogens with one attached hydrogen (secondary N) is 2. The maximum Gasteiger partial charge on any atom is 0.285 e. The number of hydrogen-bond acceptors (Lipinski definition) is 6. The summed E-state index contributed by atoms with van der Waals surface area (Å²) in [6.45, 7) is 1.70. The summed E-state index contributed by atoms with van der Waals surface area (Å²) in [5.74, 6) is 0.601. The molecule has 2 N–H and O–H groups in total. The largest absolute Gasteiger partial charge is 0.363 e. The van der Waals surface area contributed by atoms with Gasteiger partial charge in [0.2, 0.25) is 5.91 Å². The van der Waals surface area contributed by atoms with Gasteiger partial charge in [0.05, 0.1) is 18.4 Å². The summed E-state index contributed by atoms with van der Waals surface area (Å²) in [5.41, 5.74) is -0.148. The number of aromatic amines is 1. The van der Waals surface area contributed by atoms with Gasteiger partial charge in [-0.25, -0.2) is 5.10 Å². The Balaban J connectivity index is 2.04. The van der Waals surface area contributed by atoms with E-state index in [1.165, 1.54) is 11.1 Å². The number of nitrogens with zero attached hydrogens (tertiary/aromatic N) is 3. The van der Waals surface area contributed by atoms with Gasteiger partial charge in [0.25, 0.3) is 5.56 Å². The van der Waals surface area contributed by atoms with Crippen LogP contribution in [0.4, 0.5) is 11.5 Å². The predicted octanol–water partition coefficient (Wildman–Crippen LogP) is 0.795. The number of aryl methyl sites for hydroxylation is 1. The molecule has 20 heavy (non-hydrogen) atoms. The van der Waals surface area contributed by atoms with Crippen LogP contribution in [0.15, 0.2) is 21.6 Å². The number of carbonyl (C=O) groups is 1. The van der Waals surface area contributed by atoms with Crippen LogP contribution in [0.3, 0.4) is 0 Å². The number of amides is 1. The molecular weight excluding hydrogens is 286 g/mol. The molecule has 9 heteroatoms. The van der Waals surface area contributed by atoms with Crippen molar-refractivity contribution in [2.45, 2.75) is 6.92 Å². The number of anilines is 2. The van der Waals surface area contributed by atoms with Crippen molar-refractivity contribution in [2.75, 3.05) is 23.8 Å². The van der Waals surface area contributed by atoms with Crippen molar-refractivity contribution >= 4 is 29.0 Å². The van der Waals surface area contributed by atoms with Gasteiger partial charge < -0.3 is 14.7 Å². The van der Waals surface area contributed by atoms with E-state index < -0.39 is 5.56 Å². The van der Waals surface area contributed by atoms with E-state index in [9.17, 15) is 9.59 Å². The highest BCUT2D eigenvalue weighted by Crippen LogP contribution is 2.18. The predicted molar refractivity (Wildman–Crippen MR) is 73.0 cm³/mol. The first-order chi connectivity index (χ1) is 9.47. The van der Waals surface area contributed by atoms with E-state index in [1.807, 2.05) is 0 Å². The standard InChI is InChI=1S/C11H12ClN5O3/c1-6-3-8(16-20-6)14-9(18)5-17(2)7-4-13-15-11(19)10(7)12/h3-4H,5H2,1-2H3,(H,15,19)(H,14,16,18). The summed E-state index contributed by atoms with van der Waals surface area (Å²) in [6.07, 6.45) is 1.37. The molecular formula is C11H12ClN5O3. The van der Waals surface area contributed by atoms with Crippen LogP contribution in [0.25, 0.3) is 0 Å². The van der Waals surface area contributed by atoms with Gasteiger partial charge in [-0.1, -0.05) is 16.8 Å². The third-order valence-electron chi connectivity index (χ3n) is 2.46. The number of halogens is 1. The SMILES string of the molecule is Cc1cc(NC(=O)CN(C)c2cn[nH]c(=O)c2Cl)no1. The van der Waals surface area contributed by atoms with Crippen LogP contribution in [0.5, 0.6) is 0 Å². The molecule has 1 amide bonds. The zero-order valence-corrected chi connectivity index (χ0v) is 11.6. The number of H-pyrrole nitrogens is 1. The molecule has 0 bridgehead atoms. The zero-order valence-electron chi connectivity index (χ0n) is 10.8. The lowest BCUT2D eigenvalue weighted by Gasteiger charge is -2.18. The van der Waals surface area contributed by atoms with Gasteiger partial charge in [-0.2, -0.15) is 5.10 Å². The minimum atomic E-state index is -0.511. The highest BCUT2D eigenvalue weighted by Gasteiger charge is 2.14. The monoisotopic (exact) mass is 297 g/mol. The first-order valence-electron chi connectivity index (χ1n) is 5.65. The Hall–Kier alpha value is -2.35. The van der Waals surface area contributed by atoms with Crippen molar-refractivity contribution in [3.8, 4) is 0 Å². The van der Waals surface area contributed by atoms with E-state index in [2.05, 4.69) is 20.7 Å². The van der Waals surface area contributed by atoms with Gasteiger partial charge in [0, 0.05) is 13.1 Å². The van der Waals surface area contributed by atoms with Gasteiger partial charge in [-0.3, -0.25) is 9.59 Å². The normalized spacial score (nSPS) is 10.3. The van der Waals surface area contributed by atoms with E-state index >= 15 is 0 Å². The number of aromatic nitrogens is 3. The number of carbonyl (C=O) groups excluding carboxylic acids is 1. The van der Waals surface area contributed by atoms with Crippen molar-refractivity contribution in [3.05, 3.63) is 33.4 Å². The van der Waals surface area contributed by atoms with E-state index in [0.717, 1.165) is 0 Å². The van der Waals surface area contributed by atoms with Crippen LogP contribution in [-0.2, 0) is 4.79 Å². The highest BCUT2D eigenvalue weighted by atomic mass is 35.5. The molecule has 0 aliphatic heterocycles. The fourth-order valence-corrected chi connectivity index (χ4v) is 1.78. The summed E-state index contributed by atoms with van der Waals surface area (Å²) in [6, 6.07) is 1.60. The van der Waals surface area contributed by atoms with Crippen LogP contribution >= 0.6 is 11.6 Å². The minimum Gasteiger partial charge on any atom is -0.363 e. The minimum absolute atomic E-state index is 0.0171. The molecule has 8 nitrogen and oxygen atoms in total. The summed E-state index contributed by atoms with van der Waals surface area (Å²) >= 11 is 5.85. The van der Waals surface area contributed by atoms with Crippen LogP contribution in [-0.4, -0.2) is 34.9 Å². The van der Waals surface area contributed by atoms with Crippen molar-refractivity contribution in [1.82, 2.24) is 15.4 Å². The smallest absolute Gasteiger partial charge is 0.285 e. The second kappa shape index (κ2) is 5.74. The molecule has 2 aromatic rings. The summed E-state index contributed by atoms with van der Waals surface area (Å²) < 4.78 is 4.83. The lowest BCUT2D eigenvalue weighted by atomic mass is 10.4. The molecule has 0 saturated heterocycles. The topological polar surface area (TPSA) is 104 Å². The fourth-order valence-electron chi connectivity index (χ4n) is 1.55. The number of hydrogen-bond donors (Lipinski definition) is 2. The molecule has 0 aromatic carbocycles. The summed E-state index contributed by atoms with van der Waals surface area (Å²) in [7, 11) is 1.62. The molecule has 0 aliphatic carbocycles. The molecule has 106 valence electrons. The lowest BCUT2D eigenvalue weighted by molar-refractivity contribution is -0.115. The van der Waals surface area contributed by atoms with Gasteiger partial charge >= 0.3 is 0 Å². The maximum atomic E-state index is 11.8. The highest BCUT2D eigenvalue weighted by molar-refractivity contribution is 6.33. The molecule has 0 unspecified atom stereocenters. The number of rotatable bonds is 4. The first kappa shape index (κ1) is 14.1. The van der Waals surface area contributed by atoms with Crippen molar-refractivity contribution < 1.29 is 9.32 Å². The Bertz CT molecular complexity index is 681. The third kappa shape index (κ3) is 3.15. The Morgan fingerprint density at radius 2 is 2.35 bits per heavy atom. The Morgan fingerprint density at radius 1 is 1.60 bits per heavy atom.